The second-order valence-corrected chi connectivity index (χ2v) is 8.39. The quantitative estimate of drug-likeness (QED) is 0.405. The van der Waals surface area contributed by atoms with Gasteiger partial charge in [0.25, 0.3) is 0 Å². The Labute approximate surface area is 144 Å². The maximum Gasteiger partial charge on any atom is 0.450 e. The Morgan fingerprint density at radius 2 is 1.31 bits per heavy atom. The zero-order valence-electron chi connectivity index (χ0n) is 13.0. The van der Waals surface area contributed by atoms with Crippen LogP contribution in [-0.4, -0.2) is 37.8 Å². The third-order valence-corrected chi connectivity index (χ3v) is 5.32. The van der Waals surface area contributed by atoms with Crippen molar-refractivity contribution in [2.45, 2.75) is 36.2 Å². The van der Waals surface area contributed by atoms with Crippen LogP contribution in [0.1, 0.15) is 25.3 Å². The maximum atomic E-state index is 13.6. The van der Waals surface area contributed by atoms with Crippen LogP contribution in [-0.2, 0) is 20.2 Å². The standard InChI is InChI=1S/C12H12F6O6S2/c1-7(2)8-3-5-9(6-4-8)24-26(22,23)12(17,18)10(13,14)11(15,16)25(19,20)21/h3-7H,1-2H3,(H,19,20,21). The van der Waals surface area contributed by atoms with Crippen molar-refractivity contribution in [2.24, 2.45) is 0 Å². The van der Waals surface area contributed by atoms with Gasteiger partial charge in [0.1, 0.15) is 5.75 Å². The van der Waals surface area contributed by atoms with Crippen LogP contribution in [0.4, 0.5) is 26.3 Å². The summed E-state index contributed by atoms with van der Waals surface area (Å²) in [7, 11) is -13.9. The molecule has 0 saturated heterocycles. The van der Waals surface area contributed by atoms with Crippen LogP contribution < -0.4 is 4.18 Å². The van der Waals surface area contributed by atoms with Gasteiger partial charge in [-0.15, -0.1) is 0 Å². The number of alkyl halides is 6. The lowest BCUT2D eigenvalue weighted by Crippen LogP contribution is -2.61. The molecule has 14 heteroatoms. The van der Waals surface area contributed by atoms with E-state index in [0.717, 1.165) is 12.1 Å². The number of hydrogen-bond donors (Lipinski definition) is 1. The summed E-state index contributed by atoms with van der Waals surface area (Å²) in [6, 6.07) is 4.03. The zero-order chi connectivity index (χ0) is 20.8. The molecule has 0 radical (unpaired) electrons. The van der Waals surface area contributed by atoms with Crippen molar-refractivity contribution < 1.29 is 51.9 Å². The van der Waals surface area contributed by atoms with E-state index in [1.165, 1.54) is 12.1 Å². The van der Waals surface area contributed by atoms with Crippen molar-refractivity contribution in [3.05, 3.63) is 29.8 Å². The third-order valence-electron chi connectivity index (χ3n) is 3.12. The topological polar surface area (TPSA) is 97.7 Å². The highest BCUT2D eigenvalue weighted by Gasteiger charge is 2.83. The molecule has 0 fully saturated rings. The minimum atomic E-state index is -7.07. The summed E-state index contributed by atoms with van der Waals surface area (Å²) in [6.07, 6.45) is 0. The minimum absolute atomic E-state index is 0.0696. The summed E-state index contributed by atoms with van der Waals surface area (Å²) < 4.78 is 135. The van der Waals surface area contributed by atoms with Crippen LogP contribution in [0.15, 0.2) is 24.3 Å². The van der Waals surface area contributed by atoms with Gasteiger partial charge in [0.2, 0.25) is 0 Å². The molecule has 0 aliphatic carbocycles. The molecule has 1 aromatic rings. The fraction of sp³-hybridized carbons (Fsp3) is 0.500. The molecule has 1 N–H and O–H groups in total. The van der Waals surface area contributed by atoms with Gasteiger partial charge < -0.3 is 4.18 Å². The molecule has 0 spiro atoms. The molecule has 0 heterocycles. The predicted molar refractivity (Wildman–Crippen MR) is 76.5 cm³/mol. The zero-order valence-corrected chi connectivity index (χ0v) is 14.6. The molecule has 0 amide bonds. The van der Waals surface area contributed by atoms with Crippen LogP contribution in [0.2, 0.25) is 0 Å². The van der Waals surface area contributed by atoms with E-state index in [1.807, 2.05) is 0 Å². The van der Waals surface area contributed by atoms with Gasteiger partial charge in [-0.05, 0) is 23.6 Å². The van der Waals surface area contributed by atoms with E-state index in [4.69, 9.17) is 4.55 Å². The van der Waals surface area contributed by atoms with Crippen LogP contribution in [0.25, 0.3) is 0 Å². The molecule has 1 rings (SSSR count). The lowest BCUT2D eigenvalue weighted by atomic mass is 10.0. The molecule has 1 aromatic carbocycles. The van der Waals surface area contributed by atoms with Crippen LogP contribution >= 0.6 is 0 Å². The molecule has 0 unspecified atom stereocenters. The Kier molecular flexibility index (Phi) is 5.68. The molecular formula is C12H12F6O6S2. The fourth-order valence-corrected chi connectivity index (χ4v) is 3.00. The van der Waals surface area contributed by atoms with E-state index in [2.05, 4.69) is 4.18 Å². The van der Waals surface area contributed by atoms with Gasteiger partial charge in [-0.2, -0.15) is 43.2 Å². The Hall–Kier alpha value is -1.54. The van der Waals surface area contributed by atoms with E-state index in [-0.39, 0.29) is 5.92 Å². The molecular weight excluding hydrogens is 418 g/mol. The molecule has 26 heavy (non-hydrogen) atoms. The van der Waals surface area contributed by atoms with Gasteiger partial charge in [0.15, 0.2) is 0 Å². The van der Waals surface area contributed by atoms with Crippen LogP contribution in [0.3, 0.4) is 0 Å². The predicted octanol–water partition coefficient (Wildman–Crippen LogP) is 3.23. The van der Waals surface area contributed by atoms with Crippen LogP contribution in [0.5, 0.6) is 5.75 Å². The summed E-state index contributed by atoms with van der Waals surface area (Å²) in [5, 5.41) is -13.5. The molecule has 0 saturated carbocycles. The molecule has 0 bridgehead atoms. The largest absolute Gasteiger partial charge is 0.450 e. The second-order valence-electron chi connectivity index (χ2n) is 5.34. The Morgan fingerprint density at radius 3 is 1.65 bits per heavy atom. The van der Waals surface area contributed by atoms with Gasteiger partial charge in [-0.1, -0.05) is 26.0 Å². The average molecular weight is 430 g/mol. The smallest absolute Gasteiger partial charge is 0.378 e. The highest BCUT2D eigenvalue weighted by molar-refractivity contribution is 7.88. The van der Waals surface area contributed by atoms with E-state index < -0.39 is 42.4 Å². The van der Waals surface area contributed by atoms with Gasteiger partial charge >= 0.3 is 36.7 Å². The van der Waals surface area contributed by atoms with Gasteiger partial charge in [0.05, 0.1) is 0 Å². The Morgan fingerprint density at radius 1 is 0.885 bits per heavy atom. The van der Waals surface area contributed by atoms with E-state index >= 15 is 0 Å². The molecule has 150 valence electrons. The first-order chi connectivity index (χ1) is 11.4. The number of benzene rings is 1. The van der Waals surface area contributed by atoms with Crippen molar-refractivity contribution in [3.8, 4) is 5.75 Å². The van der Waals surface area contributed by atoms with E-state index in [1.54, 1.807) is 13.8 Å². The normalized spacial score (nSPS) is 14.5. The number of halogens is 6. The average Bonchev–Trinajstić information content (AvgIpc) is 2.45. The minimum Gasteiger partial charge on any atom is -0.378 e. The number of rotatable bonds is 7. The maximum absolute atomic E-state index is 13.6. The first-order valence-electron chi connectivity index (χ1n) is 6.53. The van der Waals surface area contributed by atoms with Gasteiger partial charge in [-0.3, -0.25) is 4.55 Å². The molecule has 0 aliphatic heterocycles. The third kappa shape index (κ3) is 3.62. The molecule has 0 atom stereocenters. The van der Waals surface area contributed by atoms with Crippen molar-refractivity contribution in [3.63, 3.8) is 0 Å². The van der Waals surface area contributed by atoms with Gasteiger partial charge in [0, 0.05) is 0 Å². The Bertz CT molecular complexity index is 862. The first kappa shape index (κ1) is 22.5. The highest BCUT2D eigenvalue weighted by Crippen LogP contribution is 2.50. The molecule has 6 nitrogen and oxygen atoms in total. The second kappa shape index (κ2) is 6.56. The highest BCUT2D eigenvalue weighted by atomic mass is 32.2. The summed E-state index contributed by atoms with van der Waals surface area (Å²) in [5.74, 6) is -8.01. The summed E-state index contributed by atoms with van der Waals surface area (Å²) in [5.41, 5.74) is 0.588. The lowest BCUT2D eigenvalue weighted by Gasteiger charge is -2.29. The van der Waals surface area contributed by atoms with Crippen molar-refractivity contribution >= 4 is 20.2 Å². The van der Waals surface area contributed by atoms with Crippen molar-refractivity contribution in [1.29, 1.82) is 0 Å². The monoisotopic (exact) mass is 430 g/mol. The van der Waals surface area contributed by atoms with Crippen molar-refractivity contribution in [2.75, 3.05) is 0 Å². The van der Waals surface area contributed by atoms with E-state index in [9.17, 15) is 43.2 Å². The SMILES string of the molecule is CC(C)c1ccc(OS(=O)(=O)C(F)(F)C(F)(F)C(F)(F)S(=O)(=O)O)cc1. The number of hydrogen-bond acceptors (Lipinski definition) is 5. The lowest BCUT2D eigenvalue weighted by molar-refractivity contribution is -0.247. The Balaban J connectivity index is 3.32. The van der Waals surface area contributed by atoms with Crippen molar-refractivity contribution in [1.82, 2.24) is 0 Å². The van der Waals surface area contributed by atoms with Crippen LogP contribution in [0, 0.1) is 0 Å². The first-order valence-corrected chi connectivity index (χ1v) is 9.38. The molecule has 0 aliphatic rings. The summed E-state index contributed by atoms with van der Waals surface area (Å²) >= 11 is 0. The summed E-state index contributed by atoms with van der Waals surface area (Å²) in [4.78, 5) is 0. The fourth-order valence-electron chi connectivity index (χ4n) is 1.58. The summed E-state index contributed by atoms with van der Waals surface area (Å²) in [6.45, 7) is 3.44. The van der Waals surface area contributed by atoms with E-state index in [0.29, 0.717) is 5.56 Å². The van der Waals surface area contributed by atoms with Gasteiger partial charge in [-0.25, -0.2) is 0 Å². The molecule has 0 aromatic heterocycles.